The van der Waals surface area contributed by atoms with Crippen LogP contribution in [0.1, 0.15) is 65.7 Å². The zero-order valence-electron chi connectivity index (χ0n) is 17.6. The Morgan fingerprint density at radius 3 is 2.62 bits per heavy atom. The average molecular weight is 405 g/mol. The van der Waals surface area contributed by atoms with Crippen LogP contribution in [0.3, 0.4) is 0 Å². The highest BCUT2D eigenvalue weighted by Crippen LogP contribution is 2.67. The Morgan fingerprint density at radius 1 is 1.21 bits per heavy atom. The van der Waals surface area contributed by atoms with E-state index in [-0.39, 0.29) is 29.0 Å². The van der Waals surface area contributed by atoms with Crippen LogP contribution < -0.4 is 0 Å². The molecule has 0 bridgehead atoms. The molecule has 0 heterocycles. The van der Waals surface area contributed by atoms with Crippen LogP contribution in [0.2, 0.25) is 0 Å². The van der Waals surface area contributed by atoms with Gasteiger partial charge in [0.15, 0.2) is 12.4 Å². The lowest BCUT2D eigenvalue weighted by Gasteiger charge is -2.60. The van der Waals surface area contributed by atoms with E-state index in [9.17, 15) is 24.6 Å². The van der Waals surface area contributed by atoms with E-state index in [4.69, 9.17) is 4.74 Å². The quantitative estimate of drug-likeness (QED) is 0.701. The zero-order chi connectivity index (χ0) is 21.2. The lowest BCUT2D eigenvalue weighted by atomic mass is 9.45. The van der Waals surface area contributed by atoms with Gasteiger partial charge in [-0.3, -0.25) is 14.4 Å². The summed E-state index contributed by atoms with van der Waals surface area (Å²) in [5.74, 6) is -0.462. The van der Waals surface area contributed by atoms with Gasteiger partial charge in [-0.2, -0.15) is 0 Å². The molecule has 0 aromatic rings. The molecule has 6 heteroatoms. The largest absolute Gasteiger partial charge is 0.458 e. The van der Waals surface area contributed by atoms with Crippen molar-refractivity contribution in [3.8, 4) is 0 Å². The number of fused-ring (bicyclic) bond motifs is 5. The second-order valence-electron chi connectivity index (χ2n) is 10.2. The van der Waals surface area contributed by atoms with Crippen molar-refractivity contribution < 1.29 is 29.3 Å². The Balaban J connectivity index is 1.65. The second-order valence-corrected chi connectivity index (χ2v) is 10.2. The van der Waals surface area contributed by atoms with Crippen LogP contribution in [0.25, 0.3) is 0 Å². The summed E-state index contributed by atoms with van der Waals surface area (Å²) in [6, 6.07) is 0. The van der Waals surface area contributed by atoms with E-state index in [2.05, 4.69) is 6.92 Å². The highest BCUT2D eigenvalue weighted by atomic mass is 16.5. The van der Waals surface area contributed by atoms with Crippen molar-refractivity contribution in [3.63, 3.8) is 0 Å². The molecule has 160 valence electrons. The van der Waals surface area contributed by atoms with Crippen LogP contribution in [0.5, 0.6) is 0 Å². The van der Waals surface area contributed by atoms with Gasteiger partial charge in [-0.25, -0.2) is 0 Å². The van der Waals surface area contributed by atoms with E-state index < -0.39 is 35.5 Å². The number of carbonyl (C=O) groups is 3. The molecule has 7 atom stereocenters. The third-order valence-electron chi connectivity index (χ3n) is 8.92. The molecule has 3 saturated carbocycles. The van der Waals surface area contributed by atoms with E-state index in [1.165, 1.54) is 6.92 Å². The third kappa shape index (κ3) is 2.86. The molecule has 0 aromatic heterocycles. The molecule has 0 aromatic carbocycles. The summed E-state index contributed by atoms with van der Waals surface area (Å²) in [5.41, 5.74) is -1.36. The van der Waals surface area contributed by atoms with E-state index in [0.717, 1.165) is 31.3 Å². The molecular formula is C23H32O6. The highest BCUT2D eigenvalue weighted by Gasteiger charge is 2.68. The number of allylic oxidation sites excluding steroid dienone is 1. The Labute approximate surface area is 171 Å². The first kappa shape index (κ1) is 20.7. The van der Waals surface area contributed by atoms with Crippen molar-refractivity contribution in [1.82, 2.24) is 0 Å². The Kier molecular flexibility index (Phi) is 4.82. The predicted molar refractivity (Wildman–Crippen MR) is 105 cm³/mol. The van der Waals surface area contributed by atoms with Crippen LogP contribution in [-0.2, 0) is 19.1 Å². The Bertz CT molecular complexity index is 786. The first-order valence-corrected chi connectivity index (χ1v) is 10.8. The van der Waals surface area contributed by atoms with Gasteiger partial charge in [0.2, 0.25) is 5.78 Å². The fourth-order valence-corrected chi connectivity index (χ4v) is 7.44. The van der Waals surface area contributed by atoms with E-state index in [1.54, 1.807) is 6.08 Å². The summed E-state index contributed by atoms with van der Waals surface area (Å²) in [5, 5.41) is 22.8. The highest BCUT2D eigenvalue weighted by molar-refractivity contribution is 5.92. The predicted octanol–water partition coefficient (Wildman–Crippen LogP) is 2.35. The van der Waals surface area contributed by atoms with Crippen molar-refractivity contribution in [2.75, 3.05) is 6.61 Å². The first-order valence-electron chi connectivity index (χ1n) is 10.8. The third-order valence-corrected chi connectivity index (χ3v) is 8.92. The zero-order valence-corrected chi connectivity index (χ0v) is 17.6. The molecule has 29 heavy (non-hydrogen) atoms. The summed E-state index contributed by atoms with van der Waals surface area (Å²) in [6.45, 7) is 4.92. The number of carbonyl (C=O) groups excluding carboxylic acids is 3. The van der Waals surface area contributed by atoms with Gasteiger partial charge in [-0.1, -0.05) is 19.4 Å². The first-order chi connectivity index (χ1) is 13.5. The van der Waals surface area contributed by atoms with E-state index >= 15 is 0 Å². The number of aliphatic hydroxyl groups is 2. The second kappa shape index (κ2) is 6.74. The lowest BCUT2D eigenvalue weighted by Crippen LogP contribution is -2.62. The van der Waals surface area contributed by atoms with Crippen molar-refractivity contribution in [3.05, 3.63) is 11.6 Å². The number of esters is 1. The molecule has 2 N–H and O–H groups in total. The number of ether oxygens (including phenoxy) is 1. The van der Waals surface area contributed by atoms with Crippen molar-refractivity contribution in [2.24, 2.45) is 28.6 Å². The maximum Gasteiger partial charge on any atom is 0.303 e. The van der Waals surface area contributed by atoms with Gasteiger partial charge in [0, 0.05) is 18.8 Å². The summed E-state index contributed by atoms with van der Waals surface area (Å²) in [6.07, 6.45) is 5.54. The molecular weight excluding hydrogens is 372 g/mol. The Morgan fingerprint density at radius 2 is 1.93 bits per heavy atom. The summed E-state index contributed by atoms with van der Waals surface area (Å²) >= 11 is 0. The fourth-order valence-electron chi connectivity index (χ4n) is 7.44. The van der Waals surface area contributed by atoms with Gasteiger partial charge in [0.05, 0.1) is 6.10 Å². The molecule has 3 fully saturated rings. The molecule has 0 spiro atoms. The number of hydrogen-bond acceptors (Lipinski definition) is 6. The molecule has 0 aliphatic heterocycles. The molecule has 0 saturated heterocycles. The molecule has 4 aliphatic carbocycles. The van der Waals surface area contributed by atoms with Crippen LogP contribution in [-0.4, -0.2) is 46.1 Å². The normalized spacial score (nSPS) is 46.2. The van der Waals surface area contributed by atoms with Crippen molar-refractivity contribution >= 4 is 17.5 Å². The summed E-state index contributed by atoms with van der Waals surface area (Å²) in [7, 11) is 0. The van der Waals surface area contributed by atoms with Gasteiger partial charge in [0.1, 0.15) is 5.60 Å². The van der Waals surface area contributed by atoms with Crippen LogP contribution in [0.4, 0.5) is 0 Å². The number of Topliss-reactive ketones (excluding diaryl/α,β-unsaturated/α-hetero) is 1. The van der Waals surface area contributed by atoms with Crippen molar-refractivity contribution in [1.29, 1.82) is 0 Å². The molecule has 0 radical (unpaired) electrons. The molecule has 6 nitrogen and oxygen atoms in total. The molecule has 1 unspecified atom stereocenters. The summed E-state index contributed by atoms with van der Waals surface area (Å²) in [4.78, 5) is 36.0. The smallest absolute Gasteiger partial charge is 0.303 e. The Hall–Kier alpha value is -1.53. The minimum Gasteiger partial charge on any atom is -0.458 e. The number of rotatable bonds is 3. The van der Waals surface area contributed by atoms with E-state index in [1.807, 2.05) is 6.92 Å². The standard InChI is InChI=1S/C23H32O6/c1-13(24)29-12-19(27)23(28)9-7-17-16-5-4-14-10-15(25)6-8-21(14,2)20(16)18(26)11-22(17,23)3/h10,16-18,20,26,28H,4-9,11-12H2,1-3H3/t16-,17-,18+,20+,21-,22-,23?/m0/s1. The SMILES string of the molecule is CC(=O)OCC(=O)C1(O)CC[C@H]2[C@@H]3CCC4=CC(=O)CC[C@]4(C)[C@H]3[C@H](O)C[C@@]21C. The maximum absolute atomic E-state index is 12.9. The van der Waals surface area contributed by atoms with Crippen LogP contribution >= 0.6 is 0 Å². The van der Waals surface area contributed by atoms with Gasteiger partial charge >= 0.3 is 5.97 Å². The number of hydrogen-bond donors (Lipinski definition) is 2. The maximum atomic E-state index is 12.9. The fraction of sp³-hybridized carbons (Fsp3) is 0.783. The number of aliphatic hydroxyl groups excluding tert-OH is 1. The molecule has 4 aliphatic rings. The monoisotopic (exact) mass is 404 g/mol. The topological polar surface area (TPSA) is 101 Å². The number of ketones is 2. The molecule has 0 amide bonds. The van der Waals surface area contributed by atoms with Crippen LogP contribution in [0, 0.1) is 28.6 Å². The van der Waals surface area contributed by atoms with Gasteiger partial charge in [-0.05, 0) is 67.8 Å². The average Bonchev–Trinajstić information content (AvgIpc) is 2.91. The van der Waals surface area contributed by atoms with Gasteiger partial charge < -0.3 is 14.9 Å². The lowest BCUT2D eigenvalue weighted by molar-refractivity contribution is -0.184. The minimum absolute atomic E-state index is 0.0413. The molecule has 4 rings (SSSR count). The minimum atomic E-state index is -1.58. The van der Waals surface area contributed by atoms with Gasteiger partial charge in [0.25, 0.3) is 0 Å². The van der Waals surface area contributed by atoms with Crippen molar-refractivity contribution in [2.45, 2.75) is 77.4 Å². The van der Waals surface area contributed by atoms with E-state index in [0.29, 0.717) is 19.3 Å². The van der Waals surface area contributed by atoms with Crippen LogP contribution in [0.15, 0.2) is 11.6 Å². The van der Waals surface area contributed by atoms with Gasteiger partial charge in [-0.15, -0.1) is 0 Å². The summed E-state index contributed by atoms with van der Waals surface area (Å²) < 4.78 is 4.89.